The Hall–Kier alpha value is -1.48. The maximum atomic E-state index is 13.4. The molecule has 31 heavy (non-hydrogen) atoms. The van der Waals surface area contributed by atoms with Gasteiger partial charge in [-0.15, -0.1) is 0 Å². The van der Waals surface area contributed by atoms with E-state index in [2.05, 4.69) is 6.92 Å². The number of carbonyl (C=O) groups excluding carboxylic acids is 1. The molecule has 0 N–H and O–H groups in total. The first-order valence-electron chi connectivity index (χ1n) is 11.4. The van der Waals surface area contributed by atoms with Crippen molar-refractivity contribution in [1.82, 2.24) is 9.21 Å². The molecule has 3 aliphatic heterocycles. The lowest BCUT2D eigenvalue weighted by molar-refractivity contribution is -0.0956. The molecule has 0 bridgehead atoms. The maximum absolute atomic E-state index is 13.4. The fourth-order valence-electron chi connectivity index (χ4n) is 4.79. The second kappa shape index (κ2) is 9.17. The lowest BCUT2D eigenvalue weighted by Crippen LogP contribution is -2.41. The van der Waals surface area contributed by atoms with Gasteiger partial charge in [0.2, 0.25) is 10.0 Å². The van der Waals surface area contributed by atoms with Crippen LogP contribution in [-0.4, -0.2) is 69.2 Å². The molecule has 0 saturated carbocycles. The Morgan fingerprint density at radius 3 is 2.19 bits per heavy atom. The molecule has 3 fully saturated rings. The van der Waals surface area contributed by atoms with Crippen molar-refractivity contribution in [3.05, 3.63) is 28.8 Å². The Morgan fingerprint density at radius 2 is 1.58 bits per heavy atom. The summed E-state index contributed by atoms with van der Waals surface area (Å²) in [6.45, 7) is 9.49. The van der Waals surface area contributed by atoms with Crippen molar-refractivity contribution < 1.29 is 22.7 Å². The molecule has 8 heteroatoms. The molecule has 1 aromatic carbocycles. The number of rotatable bonds is 4. The van der Waals surface area contributed by atoms with Gasteiger partial charge < -0.3 is 14.4 Å². The molecule has 4 rings (SSSR count). The van der Waals surface area contributed by atoms with Gasteiger partial charge in [-0.25, -0.2) is 8.42 Å². The zero-order valence-corrected chi connectivity index (χ0v) is 19.6. The summed E-state index contributed by atoms with van der Waals surface area (Å²) >= 11 is 0. The fourth-order valence-corrected chi connectivity index (χ4v) is 6.58. The minimum absolute atomic E-state index is 0.0986. The SMILES string of the molecule is Cc1cc(C(=O)N2CCC(C3OCCO3)CC2)cc(S(=O)(=O)N2CCC(C)CC2)c1C. The van der Waals surface area contributed by atoms with Gasteiger partial charge in [-0.2, -0.15) is 4.31 Å². The van der Waals surface area contributed by atoms with E-state index in [0.29, 0.717) is 56.8 Å². The third kappa shape index (κ3) is 4.67. The molecule has 1 amide bonds. The average molecular weight is 451 g/mol. The first-order valence-corrected chi connectivity index (χ1v) is 12.8. The van der Waals surface area contributed by atoms with Crippen LogP contribution in [0.25, 0.3) is 0 Å². The molecule has 3 aliphatic rings. The number of carbonyl (C=O) groups is 1. The largest absolute Gasteiger partial charge is 0.350 e. The number of piperidine rings is 2. The number of benzene rings is 1. The highest BCUT2D eigenvalue weighted by molar-refractivity contribution is 7.89. The van der Waals surface area contributed by atoms with E-state index in [1.807, 2.05) is 24.8 Å². The summed E-state index contributed by atoms with van der Waals surface area (Å²) in [5, 5.41) is 0. The van der Waals surface area contributed by atoms with Crippen LogP contribution in [0, 0.1) is 25.7 Å². The molecular weight excluding hydrogens is 416 g/mol. The summed E-state index contributed by atoms with van der Waals surface area (Å²) in [6.07, 6.45) is 3.26. The molecular formula is C23H34N2O5S. The summed E-state index contributed by atoms with van der Waals surface area (Å²) in [5.41, 5.74) is 2.01. The van der Waals surface area contributed by atoms with E-state index < -0.39 is 10.0 Å². The molecule has 0 atom stereocenters. The zero-order valence-electron chi connectivity index (χ0n) is 18.8. The highest BCUT2D eigenvalue weighted by Crippen LogP contribution is 2.30. The van der Waals surface area contributed by atoms with Gasteiger partial charge in [0.25, 0.3) is 5.91 Å². The van der Waals surface area contributed by atoms with Crippen molar-refractivity contribution in [3.8, 4) is 0 Å². The number of amides is 1. The topological polar surface area (TPSA) is 76.1 Å². The third-order valence-electron chi connectivity index (χ3n) is 7.09. The number of ether oxygens (including phenoxy) is 2. The first kappa shape index (κ1) is 22.7. The van der Waals surface area contributed by atoms with Gasteiger partial charge in [0, 0.05) is 37.7 Å². The van der Waals surface area contributed by atoms with Gasteiger partial charge in [0.1, 0.15) is 0 Å². The molecule has 1 aromatic rings. The van der Waals surface area contributed by atoms with Gasteiger partial charge in [0.15, 0.2) is 6.29 Å². The molecule has 0 aromatic heterocycles. The van der Waals surface area contributed by atoms with Crippen LogP contribution in [0.4, 0.5) is 0 Å². The lowest BCUT2D eigenvalue weighted by Gasteiger charge is -2.34. The first-order chi connectivity index (χ1) is 14.8. The van der Waals surface area contributed by atoms with E-state index in [-0.39, 0.29) is 17.1 Å². The molecule has 0 spiro atoms. The summed E-state index contributed by atoms with van der Waals surface area (Å²) in [6, 6.07) is 3.41. The standard InChI is InChI=1S/C23H34N2O5S/c1-16-4-10-25(11-5-16)31(27,28)21-15-20(14-17(2)18(21)3)22(26)24-8-6-19(7-9-24)23-29-12-13-30-23/h14-16,19,23H,4-13H2,1-3H3. The van der Waals surface area contributed by atoms with Gasteiger partial charge in [0.05, 0.1) is 18.1 Å². The number of hydrogen-bond donors (Lipinski definition) is 0. The second-order valence-corrected chi connectivity index (χ2v) is 11.1. The van der Waals surface area contributed by atoms with Crippen LogP contribution in [0.1, 0.15) is 54.1 Å². The number of aryl methyl sites for hydroxylation is 1. The van der Waals surface area contributed by atoms with Gasteiger partial charge in [-0.05, 0) is 68.7 Å². The van der Waals surface area contributed by atoms with Crippen LogP contribution >= 0.6 is 0 Å². The van der Waals surface area contributed by atoms with E-state index in [0.717, 1.165) is 36.8 Å². The smallest absolute Gasteiger partial charge is 0.253 e. The Labute approximate surface area is 185 Å². The van der Waals surface area contributed by atoms with E-state index in [1.54, 1.807) is 10.4 Å². The summed E-state index contributed by atoms with van der Waals surface area (Å²) in [5.74, 6) is 0.757. The number of likely N-dealkylation sites (tertiary alicyclic amines) is 1. The van der Waals surface area contributed by atoms with Crippen LogP contribution in [0.2, 0.25) is 0 Å². The van der Waals surface area contributed by atoms with E-state index in [4.69, 9.17) is 9.47 Å². The lowest BCUT2D eigenvalue weighted by atomic mass is 9.95. The summed E-state index contributed by atoms with van der Waals surface area (Å²) in [7, 11) is -3.62. The van der Waals surface area contributed by atoms with Crippen molar-refractivity contribution in [2.75, 3.05) is 39.4 Å². The molecule has 3 heterocycles. The van der Waals surface area contributed by atoms with Crippen LogP contribution in [0.5, 0.6) is 0 Å². The van der Waals surface area contributed by atoms with Crippen molar-refractivity contribution in [2.45, 2.75) is 57.6 Å². The third-order valence-corrected chi connectivity index (χ3v) is 9.11. The van der Waals surface area contributed by atoms with Crippen LogP contribution < -0.4 is 0 Å². The number of hydrogen-bond acceptors (Lipinski definition) is 5. The highest BCUT2D eigenvalue weighted by Gasteiger charge is 2.34. The van der Waals surface area contributed by atoms with Gasteiger partial charge in [-0.3, -0.25) is 4.79 Å². The zero-order chi connectivity index (χ0) is 22.2. The Balaban J connectivity index is 1.51. The van der Waals surface area contributed by atoms with Gasteiger partial charge in [-0.1, -0.05) is 6.92 Å². The van der Waals surface area contributed by atoms with Crippen LogP contribution in [0.15, 0.2) is 17.0 Å². The Morgan fingerprint density at radius 1 is 0.968 bits per heavy atom. The molecule has 0 aliphatic carbocycles. The molecule has 0 radical (unpaired) electrons. The van der Waals surface area contributed by atoms with E-state index >= 15 is 0 Å². The van der Waals surface area contributed by atoms with Crippen LogP contribution in [-0.2, 0) is 19.5 Å². The molecule has 7 nitrogen and oxygen atoms in total. The van der Waals surface area contributed by atoms with Crippen LogP contribution in [0.3, 0.4) is 0 Å². The molecule has 3 saturated heterocycles. The Bertz CT molecular complexity index is 910. The predicted octanol–water partition coefficient (Wildman–Crippen LogP) is 2.95. The van der Waals surface area contributed by atoms with E-state index in [9.17, 15) is 13.2 Å². The number of nitrogens with zero attached hydrogens (tertiary/aromatic N) is 2. The normalized spacial score (nSPS) is 22.9. The highest BCUT2D eigenvalue weighted by atomic mass is 32.2. The average Bonchev–Trinajstić information content (AvgIpc) is 3.30. The minimum Gasteiger partial charge on any atom is -0.350 e. The summed E-state index contributed by atoms with van der Waals surface area (Å²) < 4.78 is 39.6. The minimum atomic E-state index is -3.62. The second-order valence-electron chi connectivity index (χ2n) is 9.24. The molecule has 172 valence electrons. The van der Waals surface area contributed by atoms with Crippen molar-refractivity contribution >= 4 is 15.9 Å². The van der Waals surface area contributed by atoms with Gasteiger partial charge >= 0.3 is 0 Å². The summed E-state index contributed by atoms with van der Waals surface area (Å²) in [4.78, 5) is 15.3. The van der Waals surface area contributed by atoms with Crippen molar-refractivity contribution in [1.29, 1.82) is 0 Å². The van der Waals surface area contributed by atoms with E-state index in [1.165, 1.54) is 0 Å². The van der Waals surface area contributed by atoms with Crippen molar-refractivity contribution in [3.63, 3.8) is 0 Å². The fraction of sp³-hybridized carbons (Fsp3) is 0.696. The predicted molar refractivity (Wildman–Crippen MR) is 117 cm³/mol. The Kier molecular flexibility index (Phi) is 6.72. The molecule has 0 unspecified atom stereocenters. The maximum Gasteiger partial charge on any atom is 0.253 e. The number of sulfonamides is 1. The monoisotopic (exact) mass is 450 g/mol. The quantitative estimate of drug-likeness (QED) is 0.705. The van der Waals surface area contributed by atoms with Crippen molar-refractivity contribution in [2.24, 2.45) is 11.8 Å².